The third-order valence-electron chi connectivity index (χ3n) is 4.54. The Labute approximate surface area is 165 Å². The lowest BCUT2D eigenvalue weighted by Crippen LogP contribution is -2.49. The molecule has 1 heterocycles. The average Bonchev–Trinajstić information content (AvgIpc) is 2.65. The summed E-state index contributed by atoms with van der Waals surface area (Å²) in [5.74, 6) is -0.815. The molecule has 1 fully saturated rings. The minimum Gasteiger partial charge on any atom is -0.366 e. The second-order valence-electron chi connectivity index (χ2n) is 6.26. The largest absolute Gasteiger partial charge is 0.366 e. The van der Waals surface area contributed by atoms with Gasteiger partial charge in [0.25, 0.3) is 11.6 Å². The van der Waals surface area contributed by atoms with Crippen molar-refractivity contribution in [3.63, 3.8) is 0 Å². The summed E-state index contributed by atoms with van der Waals surface area (Å²) >= 11 is 11.8. The van der Waals surface area contributed by atoms with E-state index in [9.17, 15) is 19.3 Å². The predicted octanol–water partition coefficient (Wildman–Crippen LogP) is 4.31. The molecule has 1 aliphatic heterocycles. The third-order valence-corrected chi connectivity index (χ3v) is 5.28. The van der Waals surface area contributed by atoms with Gasteiger partial charge in [-0.25, -0.2) is 4.39 Å². The van der Waals surface area contributed by atoms with Crippen molar-refractivity contribution in [2.75, 3.05) is 31.1 Å². The van der Waals surface area contributed by atoms with Crippen molar-refractivity contribution in [3.8, 4) is 0 Å². The van der Waals surface area contributed by atoms with Crippen LogP contribution < -0.4 is 4.90 Å². The molecule has 1 saturated heterocycles. The van der Waals surface area contributed by atoms with Crippen molar-refractivity contribution >= 4 is 40.5 Å². The maximum absolute atomic E-state index is 14.3. The molecule has 0 N–H and O–H groups in total. The lowest BCUT2D eigenvalue weighted by molar-refractivity contribution is -0.385. The summed E-state index contributed by atoms with van der Waals surface area (Å²) in [5.41, 5.74) is 0.894. The Morgan fingerprint density at radius 2 is 1.78 bits per heavy atom. The van der Waals surface area contributed by atoms with E-state index in [1.54, 1.807) is 28.9 Å². The number of nitro groups is 1. The van der Waals surface area contributed by atoms with Crippen LogP contribution in [0.25, 0.3) is 0 Å². The first-order valence-corrected chi connectivity index (χ1v) is 8.97. The molecule has 142 valence electrons. The molecule has 1 aliphatic rings. The molecular weight excluding hydrogens is 396 g/mol. The van der Waals surface area contributed by atoms with E-state index < -0.39 is 10.7 Å². The number of carbonyl (C=O) groups excluding carboxylic acids is 1. The molecule has 0 bridgehead atoms. The fourth-order valence-electron chi connectivity index (χ4n) is 3.06. The number of nitrogens with zero attached hydrogens (tertiary/aromatic N) is 3. The summed E-state index contributed by atoms with van der Waals surface area (Å²) < 4.78 is 14.3. The van der Waals surface area contributed by atoms with Crippen molar-refractivity contribution in [1.82, 2.24) is 4.90 Å². The van der Waals surface area contributed by atoms with Crippen molar-refractivity contribution in [3.05, 3.63) is 67.4 Å². The van der Waals surface area contributed by atoms with Gasteiger partial charge in [0.15, 0.2) is 5.82 Å². The first-order valence-electron chi connectivity index (χ1n) is 8.21. The number of nitro benzene ring substituents is 1. The second kappa shape index (κ2) is 7.70. The van der Waals surface area contributed by atoms with E-state index >= 15 is 0 Å². The monoisotopic (exact) mass is 411 g/mol. The maximum atomic E-state index is 14.3. The summed E-state index contributed by atoms with van der Waals surface area (Å²) in [6, 6.07) is 7.13. The Kier molecular flexibility index (Phi) is 5.53. The molecule has 0 aromatic heterocycles. The lowest BCUT2D eigenvalue weighted by Gasteiger charge is -2.36. The SMILES string of the molecule is Cc1cc(N2CCN(C(=O)c3ccc(Cl)c(Cl)c3)CC2)c(F)cc1[N+](=O)[O-]. The summed E-state index contributed by atoms with van der Waals surface area (Å²) in [6.07, 6.45) is 0. The van der Waals surface area contributed by atoms with Gasteiger partial charge in [-0.2, -0.15) is 0 Å². The van der Waals surface area contributed by atoms with Crippen LogP contribution in [0.1, 0.15) is 15.9 Å². The van der Waals surface area contributed by atoms with Crippen molar-refractivity contribution < 1.29 is 14.1 Å². The van der Waals surface area contributed by atoms with Crippen LogP contribution in [0.3, 0.4) is 0 Å². The molecule has 0 aliphatic carbocycles. The van der Waals surface area contributed by atoms with Crippen LogP contribution in [-0.4, -0.2) is 41.9 Å². The van der Waals surface area contributed by atoms with E-state index in [1.807, 2.05) is 0 Å². The minimum atomic E-state index is -0.642. The molecule has 2 aromatic rings. The van der Waals surface area contributed by atoms with Gasteiger partial charge >= 0.3 is 0 Å². The number of aryl methyl sites for hydroxylation is 1. The second-order valence-corrected chi connectivity index (χ2v) is 7.07. The zero-order valence-corrected chi connectivity index (χ0v) is 15.9. The highest BCUT2D eigenvalue weighted by Gasteiger charge is 2.25. The van der Waals surface area contributed by atoms with Gasteiger partial charge in [-0.05, 0) is 31.2 Å². The summed E-state index contributed by atoms with van der Waals surface area (Å²) in [6.45, 7) is 3.21. The van der Waals surface area contributed by atoms with Crippen LogP contribution in [-0.2, 0) is 0 Å². The van der Waals surface area contributed by atoms with Gasteiger partial charge < -0.3 is 9.80 Å². The van der Waals surface area contributed by atoms with E-state index in [-0.39, 0.29) is 11.6 Å². The molecule has 3 rings (SSSR count). The predicted molar refractivity (Wildman–Crippen MR) is 102 cm³/mol. The number of anilines is 1. The van der Waals surface area contributed by atoms with Crippen LogP contribution in [0.5, 0.6) is 0 Å². The van der Waals surface area contributed by atoms with Crippen molar-refractivity contribution in [2.24, 2.45) is 0 Å². The number of benzene rings is 2. The Hall–Kier alpha value is -2.38. The number of piperazine rings is 1. The molecule has 0 spiro atoms. The average molecular weight is 412 g/mol. The molecule has 0 saturated carbocycles. The van der Waals surface area contributed by atoms with Crippen LogP contribution in [0.2, 0.25) is 10.0 Å². The Morgan fingerprint density at radius 1 is 1.11 bits per heavy atom. The molecule has 27 heavy (non-hydrogen) atoms. The molecule has 1 amide bonds. The zero-order chi connectivity index (χ0) is 19.7. The van der Waals surface area contributed by atoms with Gasteiger partial charge in [-0.1, -0.05) is 23.2 Å². The fourth-order valence-corrected chi connectivity index (χ4v) is 3.36. The molecule has 9 heteroatoms. The summed E-state index contributed by atoms with van der Waals surface area (Å²) in [5, 5.41) is 11.6. The fraction of sp³-hybridized carbons (Fsp3) is 0.278. The van der Waals surface area contributed by atoms with Crippen molar-refractivity contribution in [1.29, 1.82) is 0 Å². The van der Waals surface area contributed by atoms with Crippen LogP contribution >= 0.6 is 23.2 Å². The topological polar surface area (TPSA) is 66.7 Å². The minimum absolute atomic E-state index is 0.173. The van der Waals surface area contributed by atoms with Crippen LogP contribution in [0, 0.1) is 22.9 Å². The quantitative estimate of drug-likeness (QED) is 0.557. The Balaban J connectivity index is 1.72. The molecule has 0 radical (unpaired) electrons. The first-order chi connectivity index (χ1) is 12.8. The zero-order valence-electron chi connectivity index (χ0n) is 14.4. The summed E-state index contributed by atoms with van der Waals surface area (Å²) in [4.78, 5) is 26.4. The number of carbonyl (C=O) groups is 1. The van der Waals surface area contributed by atoms with E-state index in [0.717, 1.165) is 6.07 Å². The molecule has 0 atom stereocenters. The number of rotatable bonds is 3. The van der Waals surface area contributed by atoms with Crippen molar-refractivity contribution in [2.45, 2.75) is 6.92 Å². The third kappa shape index (κ3) is 3.99. The molecule has 6 nitrogen and oxygen atoms in total. The van der Waals surface area contributed by atoms with Gasteiger partial charge in [0.1, 0.15) is 0 Å². The van der Waals surface area contributed by atoms with Gasteiger partial charge in [0.2, 0.25) is 0 Å². The molecular formula is C18H16Cl2FN3O3. The number of hydrogen-bond acceptors (Lipinski definition) is 4. The Bertz CT molecular complexity index is 915. The van der Waals surface area contributed by atoms with Gasteiger partial charge in [-0.15, -0.1) is 0 Å². The van der Waals surface area contributed by atoms with Crippen LogP contribution in [0.4, 0.5) is 15.8 Å². The van der Waals surface area contributed by atoms with E-state index in [4.69, 9.17) is 23.2 Å². The van der Waals surface area contributed by atoms with E-state index in [2.05, 4.69) is 0 Å². The highest BCUT2D eigenvalue weighted by atomic mass is 35.5. The number of hydrogen-bond donors (Lipinski definition) is 0. The van der Waals surface area contributed by atoms with Gasteiger partial charge in [0.05, 0.1) is 26.7 Å². The highest BCUT2D eigenvalue weighted by molar-refractivity contribution is 6.42. The number of amides is 1. The Morgan fingerprint density at radius 3 is 2.37 bits per heavy atom. The van der Waals surface area contributed by atoms with Gasteiger partial charge in [-0.3, -0.25) is 14.9 Å². The van der Waals surface area contributed by atoms with Crippen LogP contribution in [0.15, 0.2) is 30.3 Å². The molecule has 0 unspecified atom stereocenters. The summed E-state index contributed by atoms with van der Waals surface area (Å²) in [7, 11) is 0. The number of halogens is 3. The highest BCUT2D eigenvalue weighted by Crippen LogP contribution is 2.29. The van der Waals surface area contributed by atoms with E-state index in [1.165, 1.54) is 12.1 Å². The molecule has 2 aromatic carbocycles. The first kappa shape index (κ1) is 19.4. The maximum Gasteiger partial charge on any atom is 0.275 e. The smallest absolute Gasteiger partial charge is 0.275 e. The van der Waals surface area contributed by atoms with Gasteiger partial charge in [0, 0.05) is 37.3 Å². The lowest BCUT2D eigenvalue weighted by atomic mass is 10.1. The standard InChI is InChI=1S/C18H16Cl2FN3O3/c1-11-8-17(15(21)10-16(11)24(26)27)22-4-6-23(7-5-22)18(25)12-2-3-13(19)14(20)9-12/h2-3,8-10H,4-7H2,1H3. The van der Waals surface area contributed by atoms with E-state index in [0.29, 0.717) is 53.0 Å². The normalized spacial score (nSPS) is 14.4.